The average molecular weight is 239 g/mol. The molecule has 2 rings (SSSR count). The largest absolute Gasteiger partial charge is 0.376 e. The molecule has 0 amide bonds. The molecule has 1 atom stereocenters. The lowest BCUT2D eigenvalue weighted by molar-refractivity contribution is 0.112. The predicted octanol–water partition coefficient (Wildman–Crippen LogP) is 2.91. The Bertz CT molecular complexity index is 322. The average Bonchev–Trinajstić information content (AvgIpc) is 2.68. The van der Waals surface area contributed by atoms with Crippen molar-refractivity contribution >= 4 is 11.3 Å². The smallest absolute Gasteiger partial charge is 0.0727 e. The van der Waals surface area contributed by atoms with Gasteiger partial charge in [0.2, 0.25) is 0 Å². The molecule has 1 unspecified atom stereocenters. The molecule has 2 N–H and O–H groups in total. The van der Waals surface area contributed by atoms with Gasteiger partial charge in [-0.15, -0.1) is 11.3 Å². The molecule has 0 bridgehead atoms. The zero-order valence-electron chi connectivity index (χ0n) is 10.2. The molecule has 90 valence electrons. The molecule has 1 aromatic heterocycles. The van der Waals surface area contributed by atoms with Crippen LogP contribution in [0, 0.1) is 5.92 Å². The minimum absolute atomic E-state index is 0.626. The van der Waals surface area contributed by atoms with E-state index in [1.54, 1.807) is 0 Å². The van der Waals surface area contributed by atoms with Crippen molar-refractivity contribution in [3.63, 3.8) is 0 Å². The first-order chi connectivity index (χ1) is 7.72. The van der Waals surface area contributed by atoms with Crippen molar-refractivity contribution in [2.45, 2.75) is 39.2 Å². The van der Waals surface area contributed by atoms with Gasteiger partial charge in [-0.1, -0.05) is 13.8 Å². The maximum atomic E-state index is 5.71. The quantitative estimate of drug-likeness (QED) is 0.877. The standard InChI is InChI=1S/C13H21NOS/c1-9(2)11(3-5-14)13-7-10-8-15-6-4-12(10)16-13/h7,9,11H,3-6,8,14H2,1-2H3. The molecule has 2 heterocycles. The summed E-state index contributed by atoms with van der Waals surface area (Å²) in [6.07, 6.45) is 2.19. The lowest BCUT2D eigenvalue weighted by atomic mass is 9.90. The van der Waals surface area contributed by atoms with E-state index in [9.17, 15) is 0 Å². The number of hydrogen-bond donors (Lipinski definition) is 1. The van der Waals surface area contributed by atoms with Gasteiger partial charge < -0.3 is 10.5 Å². The Labute approximate surface area is 102 Å². The molecule has 1 aliphatic heterocycles. The van der Waals surface area contributed by atoms with Crippen molar-refractivity contribution < 1.29 is 4.74 Å². The second-order valence-electron chi connectivity index (χ2n) is 4.83. The van der Waals surface area contributed by atoms with Gasteiger partial charge in [0.15, 0.2) is 0 Å². The second kappa shape index (κ2) is 5.30. The van der Waals surface area contributed by atoms with Crippen molar-refractivity contribution in [2.24, 2.45) is 11.7 Å². The molecule has 16 heavy (non-hydrogen) atoms. The molecule has 0 spiro atoms. The van der Waals surface area contributed by atoms with Gasteiger partial charge in [-0.25, -0.2) is 0 Å². The summed E-state index contributed by atoms with van der Waals surface area (Å²) in [5.41, 5.74) is 7.12. The molecule has 1 aromatic rings. The zero-order valence-corrected chi connectivity index (χ0v) is 11.0. The molecule has 0 aliphatic carbocycles. The SMILES string of the molecule is CC(C)C(CCN)c1cc2c(s1)CCOC2. The molecule has 0 radical (unpaired) electrons. The van der Waals surface area contributed by atoms with E-state index < -0.39 is 0 Å². The number of ether oxygens (including phenoxy) is 1. The number of rotatable bonds is 4. The molecule has 0 fully saturated rings. The van der Waals surface area contributed by atoms with Crippen LogP contribution in [0.5, 0.6) is 0 Å². The van der Waals surface area contributed by atoms with E-state index >= 15 is 0 Å². The molecule has 3 heteroatoms. The van der Waals surface area contributed by atoms with Crippen LogP contribution in [0.2, 0.25) is 0 Å². The highest BCUT2D eigenvalue weighted by Crippen LogP contribution is 2.36. The van der Waals surface area contributed by atoms with Crippen molar-refractivity contribution in [1.82, 2.24) is 0 Å². The summed E-state index contributed by atoms with van der Waals surface area (Å²) in [5.74, 6) is 1.30. The van der Waals surface area contributed by atoms with E-state index in [4.69, 9.17) is 10.5 Å². The molecule has 0 aromatic carbocycles. The lowest BCUT2D eigenvalue weighted by Crippen LogP contribution is -2.11. The van der Waals surface area contributed by atoms with Crippen LogP contribution < -0.4 is 5.73 Å². The minimum Gasteiger partial charge on any atom is -0.376 e. The Balaban J connectivity index is 2.20. The first kappa shape index (κ1) is 12.1. The Kier molecular flexibility index (Phi) is 4.00. The van der Waals surface area contributed by atoms with E-state index in [1.165, 1.54) is 15.3 Å². The van der Waals surface area contributed by atoms with Crippen LogP contribution in [0.25, 0.3) is 0 Å². The van der Waals surface area contributed by atoms with Gasteiger partial charge in [-0.2, -0.15) is 0 Å². The van der Waals surface area contributed by atoms with Gasteiger partial charge in [-0.05, 0) is 36.4 Å². The van der Waals surface area contributed by atoms with E-state index in [1.807, 2.05) is 11.3 Å². The van der Waals surface area contributed by atoms with Crippen molar-refractivity contribution in [1.29, 1.82) is 0 Å². The van der Waals surface area contributed by atoms with Crippen LogP contribution in [-0.2, 0) is 17.8 Å². The third-order valence-electron chi connectivity index (χ3n) is 3.29. The summed E-state index contributed by atoms with van der Waals surface area (Å²) in [6.45, 7) is 7.04. The summed E-state index contributed by atoms with van der Waals surface area (Å²) in [4.78, 5) is 3.04. The van der Waals surface area contributed by atoms with E-state index in [2.05, 4.69) is 19.9 Å². The second-order valence-corrected chi connectivity index (χ2v) is 6.00. The molecule has 0 saturated carbocycles. The van der Waals surface area contributed by atoms with Gasteiger partial charge in [0.25, 0.3) is 0 Å². The fourth-order valence-corrected chi connectivity index (χ4v) is 3.80. The summed E-state index contributed by atoms with van der Waals surface area (Å²) in [5, 5.41) is 0. The normalized spacial score (nSPS) is 17.5. The maximum Gasteiger partial charge on any atom is 0.0727 e. The van der Waals surface area contributed by atoms with E-state index in [0.29, 0.717) is 11.8 Å². The predicted molar refractivity (Wildman–Crippen MR) is 68.9 cm³/mol. The third kappa shape index (κ3) is 2.47. The van der Waals surface area contributed by atoms with Crippen LogP contribution in [0.3, 0.4) is 0 Å². The Morgan fingerprint density at radius 1 is 1.50 bits per heavy atom. The fraction of sp³-hybridized carbons (Fsp3) is 0.692. The van der Waals surface area contributed by atoms with Crippen LogP contribution in [0.15, 0.2) is 6.07 Å². The van der Waals surface area contributed by atoms with Gasteiger partial charge in [0.05, 0.1) is 13.2 Å². The molecule has 2 nitrogen and oxygen atoms in total. The van der Waals surface area contributed by atoms with Crippen LogP contribution >= 0.6 is 11.3 Å². The topological polar surface area (TPSA) is 35.2 Å². The van der Waals surface area contributed by atoms with Gasteiger partial charge >= 0.3 is 0 Å². The number of nitrogens with two attached hydrogens (primary N) is 1. The highest BCUT2D eigenvalue weighted by Gasteiger charge is 2.21. The van der Waals surface area contributed by atoms with E-state index in [-0.39, 0.29) is 0 Å². The summed E-state index contributed by atoms with van der Waals surface area (Å²) in [6, 6.07) is 2.35. The first-order valence-electron chi connectivity index (χ1n) is 6.11. The van der Waals surface area contributed by atoms with Crippen LogP contribution in [0.1, 0.15) is 41.5 Å². The molecule has 0 saturated heterocycles. The molecular weight excluding hydrogens is 218 g/mol. The van der Waals surface area contributed by atoms with Crippen LogP contribution in [0.4, 0.5) is 0 Å². The maximum absolute atomic E-state index is 5.71. The minimum atomic E-state index is 0.626. The van der Waals surface area contributed by atoms with Crippen molar-refractivity contribution in [3.8, 4) is 0 Å². The lowest BCUT2D eigenvalue weighted by Gasteiger charge is -2.18. The number of thiophene rings is 1. The number of hydrogen-bond acceptors (Lipinski definition) is 3. The fourth-order valence-electron chi connectivity index (χ4n) is 2.34. The number of fused-ring (bicyclic) bond motifs is 1. The first-order valence-corrected chi connectivity index (χ1v) is 6.93. The zero-order chi connectivity index (χ0) is 11.5. The van der Waals surface area contributed by atoms with Gasteiger partial charge in [0, 0.05) is 16.2 Å². The highest BCUT2D eigenvalue weighted by atomic mass is 32.1. The third-order valence-corrected chi connectivity index (χ3v) is 4.66. The van der Waals surface area contributed by atoms with Gasteiger partial charge in [-0.3, -0.25) is 0 Å². The van der Waals surface area contributed by atoms with E-state index in [0.717, 1.165) is 32.6 Å². The van der Waals surface area contributed by atoms with Crippen LogP contribution in [-0.4, -0.2) is 13.2 Å². The Morgan fingerprint density at radius 2 is 2.31 bits per heavy atom. The highest BCUT2D eigenvalue weighted by molar-refractivity contribution is 7.12. The van der Waals surface area contributed by atoms with Gasteiger partial charge in [0.1, 0.15) is 0 Å². The van der Waals surface area contributed by atoms with Crippen molar-refractivity contribution in [3.05, 3.63) is 21.4 Å². The molecule has 1 aliphatic rings. The Morgan fingerprint density at radius 3 is 2.94 bits per heavy atom. The Hall–Kier alpha value is -0.380. The van der Waals surface area contributed by atoms with Crippen molar-refractivity contribution in [2.75, 3.05) is 13.2 Å². The summed E-state index contributed by atoms with van der Waals surface area (Å²) >= 11 is 1.98. The summed E-state index contributed by atoms with van der Waals surface area (Å²) < 4.78 is 5.49. The monoisotopic (exact) mass is 239 g/mol. The molecular formula is C13H21NOS. The summed E-state index contributed by atoms with van der Waals surface area (Å²) in [7, 11) is 0.